The molecule has 0 aromatic rings. The molecule has 0 aromatic carbocycles. The summed E-state index contributed by atoms with van der Waals surface area (Å²) in [6.07, 6.45) is 11.8. The fraction of sp³-hybridized carbons (Fsp3) is 0.200. The number of rotatable bonds is 3. The van der Waals surface area contributed by atoms with Crippen LogP contribution in [0, 0.1) is 0 Å². The van der Waals surface area contributed by atoms with Crippen molar-refractivity contribution in [1.82, 2.24) is 0 Å². The Morgan fingerprint density at radius 1 is 1.30 bits per heavy atom. The van der Waals surface area contributed by atoms with Crippen molar-refractivity contribution >= 4 is 0 Å². The molecule has 0 aliphatic heterocycles. The van der Waals surface area contributed by atoms with Gasteiger partial charge in [0.25, 0.3) is 0 Å². The lowest BCUT2D eigenvalue weighted by Gasteiger charge is -1.83. The van der Waals surface area contributed by atoms with Gasteiger partial charge >= 0.3 is 0 Å². The fourth-order valence-corrected chi connectivity index (χ4v) is 0.560. The van der Waals surface area contributed by atoms with Gasteiger partial charge in [0.15, 0.2) is 0 Å². The molecule has 0 rings (SSSR count). The van der Waals surface area contributed by atoms with E-state index in [-0.39, 0.29) is 0 Å². The zero-order chi connectivity index (χ0) is 7.82. The van der Waals surface area contributed by atoms with Gasteiger partial charge in [-0.3, -0.25) is 0 Å². The Bertz CT molecular complexity index is 168. The first kappa shape index (κ1) is 8.96. The van der Waals surface area contributed by atoms with E-state index in [1.165, 1.54) is 5.57 Å². The van der Waals surface area contributed by atoms with E-state index < -0.39 is 0 Å². The maximum absolute atomic E-state index is 3.60. The Hall–Kier alpha value is -1.04. The molecule has 0 fully saturated rings. The van der Waals surface area contributed by atoms with Gasteiger partial charge in [-0.05, 0) is 13.8 Å². The highest BCUT2D eigenvalue weighted by atomic mass is 13.8. The summed E-state index contributed by atoms with van der Waals surface area (Å²) in [5.74, 6) is 0. The predicted octanol–water partition coefficient (Wildman–Crippen LogP) is 3.25. The third-order valence-corrected chi connectivity index (χ3v) is 1.04. The Balaban J connectivity index is 3.88. The van der Waals surface area contributed by atoms with Crippen LogP contribution in [0.25, 0.3) is 0 Å². The lowest BCUT2D eigenvalue weighted by atomic mass is 10.2. The van der Waals surface area contributed by atoms with Crippen LogP contribution < -0.4 is 0 Å². The monoisotopic (exact) mass is 134 g/mol. The summed E-state index contributed by atoms with van der Waals surface area (Å²) in [5, 5.41) is 0. The molecule has 0 saturated heterocycles. The lowest BCUT2D eigenvalue weighted by Crippen LogP contribution is -1.62. The molecular weight excluding hydrogens is 120 g/mol. The molecule has 0 heterocycles. The number of hydrogen-bond donors (Lipinski definition) is 0. The molecule has 0 aromatic heterocycles. The maximum Gasteiger partial charge on any atom is -0.0398 e. The van der Waals surface area contributed by atoms with Crippen molar-refractivity contribution in [3.05, 3.63) is 48.6 Å². The van der Waals surface area contributed by atoms with E-state index in [9.17, 15) is 0 Å². The summed E-state index contributed by atoms with van der Waals surface area (Å²) < 4.78 is 0. The zero-order valence-electron chi connectivity index (χ0n) is 6.67. The summed E-state index contributed by atoms with van der Waals surface area (Å²) in [5.41, 5.74) is 1.22. The van der Waals surface area contributed by atoms with Crippen LogP contribution in [-0.2, 0) is 0 Å². The average molecular weight is 134 g/mol. The summed E-state index contributed by atoms with van der Waals surface area (Å²) in [7, 11) is 0. The molecular formula is C10H14. The second kappa shape index (κ2) is 6.09. The zero-order valence-corrected chi connectivity index (χ0v) is 6.67. The summed E-state index contributed by atoms with van der Waals surface area (Å²) in [6.45, 7) is 7.64. The first-order chi connectivity index (χ1) is 4.81. The van der Waals surface area contributed by atoms with Gasteiger partial charge in [0.2, 0.25) is 0 Å². The van der Waals surface area contributed by atoms with Crippen LogP contribution in [0.4, 0.5) is 0 Å². The van der Waals surface area contributed by atoms with Crippen molar-refractivity contribution in [1.29, 1.82) is 0 Å². The molecule has 0 saturated carbocycles. The van der Waals surface area contributed by atoms with Crippen molar-refractivity contribution in [3.63, 3.8) is 0 Å². The summed E-state index contributed by atoms with van der Waals surface area (Å²) >= 11 is 0. The van der Waals surface area contributed by atoms with Crippen molar-refractivity contribution in [2.45, 2.75) is 13.8 Å². The van der Waals surface area contributed by atoms with Gasteiger partial charge in [-0.15, -0.1) is 0 Å². The molecule has 0 aliphatic carbocycles. The number of allylic oxidation sites excluding steroid dienone is 7. The van der Waals surface area contributed by atoms with Gasteiger partial charge in [-0.1, -0.05) is 48.6 Å². The van der Waals surface area contributed by atoms with Gasteiger partial charge in [0.05, 0.1) is 0 Å². The minimum Gasteiger partial charge on any atom is -0.0991 e. The molecule has 0 bridgehead atoms. The Labute approximate surface area is 63.3 Å². The van der Waals surface area contributed by atoms with Gasteiger partial charge in [0, 0.05) is 0 Å². The highest BCUT2D eigenvalue weighted by molar-refractivity contribution is 5.23. The van der Waals surface area contributed by atoms with Crippen molar-refractivity contribution < 1.29 is 0 Å². The molecule has 0 radical (unpaired) electrons. The molecule has 0 aliphatic rings. The minimum absolute atomic E-state index is 1.22. The van der Waals surface area contributed by atoms with E-state index in [1.54, 1.807) is 6.08 Å². The quantitative estimate of drug-likeness (QED) is 0.520. The van der Waals surface area contributed by atoms with Crippen LogP contribution in [0.3, 0.4) is 0 Å². The first-order valence-electron chi connectivity index (χ1n) is 3.40. The maximum atomic E-state index is 3.60. The third-order valence-electron chi connectivity index (χ3n) is 1.04. The Morgan fingerprint density at radius 2 is 2.00 bits per heavy atom. The normalized spacial score (nSPS) is 13.2. The summed E-state index contributed by atoms with van der Waals surface area (Å²) in [4.78, 5) is 0. The van der Waals surface area contributed by atoms with E-state index in [0.29, 0.717) is 0 Å². The van der Waals surface area contributed by atoms with E-state index in [1.807, 2.05) is 44.2 Å². The van der Waals surface area contributed by atoms with Gasteiger partial charge in [-0.2, -0.15) is 0 Å². The van der Waals surface area contributed by atoms with E-state index in [2.05, 4.69) is 6.58 Å². The molecule has 0 unspecified atom stereocenters. The largest absolute Gasteiger partial charge is 0.0991 e. The minimum atomic E-state index is 1.22. The molecule has 0 atom stereocenters. The molecule has 0 spiro atoms. The van der Waals surface area contributed by atoms with Crippen molar-refractivity contribution in [3.8, 4) is 0 Å². The first-order valence-corrected chi connectivity index (χ1v) is 3.40. The average Bonchev–Trinajstić information content (AvgIpc) is 1.89. The lowest BCUT2D eigenvalue weighted by molar-refractivity contribution is 1.52. The van der Waals surface area contributed by atoms with E-state index >= 15 is 0 Å². The molecule has 0 heteroatoms. The molecule has 54 valence electrons. The summed E-state index contributed by atoms with van der Waals surface area (Å²) in [6, 6.07) is 0. The molecule has 0 N–H and O–H groups in total. The highest BCUT2D eigenvalue weighted by Gasteiger charge is 1.73. The molecule has 10 heavy (non-hydrogen) atoms. The Kier molecular flexibility index (Phi) is 5.45. The van der Waals surface area contributed by atoms with Gasteiger partial charge in [0.1, 0.15) is 0 Å². The van der Waals surface area contributed by atoms with Crippen LogP contribution in [0.2, 0.25) is 0 Å². The fourth-order valence-electron chi connectivity index (χ4n) is 0.560. The van der Waals surface area contributed by atoms with E-state index in [4.69, 9.17) is 0 Å². The van der Waals surface area contributed by atoms with Gasteiger partial charge in [-0.25, -0.2) is 0 Å². The molecule has 0 nitrogen and oxygen atoms in total. The van der Waals surface area contributed by atoms with Crippen LogP contribution >= 0.6 is 0 Å². The standard InChI is InChI=1S/C10H14/c1-4-6-7-9-10(3)8-5-2/h4-9H,2H2,1,3H3. The van der Waals surface area contributed by atoms with Crippen LogP contribution in [0.5, 0.6) is 0 Å². The second-order valence-corrected chi connectivity index (χ2v) is 2.03. The third kappa shape index (κ3) is 5.10. The van der Waals surface area contributed by atoms with Crippen LogP contribution in [-0.4, -0.2) is 0 Å². The SMILES string of the molecule is C=CC=C(C)C=CC=CC. The predicted molar refractivity (Wildman–Crippen MR) is 47.9 cm³/mol. The van der Waals surface area contributed by atoms with Crippen LogP contribution in [0.15, 0.2) is 48.6 Å². The second-order valence-electron chi connectivity index (χ2n) is 2.03. The Morgan fingerprint density at radius 3 is 2.50 bits per heavy atom. The van der Waals surface area contributed by atoms with Crippen molar-refractivity contribution in [2.24, 2.45) is 0 Å². The molecule has 0 amide bonds. The topological polar surface area (TPSA) is 0 Å². The van der Waals surface area contributed by atoms with Crippen LogP contribution in [0.1, 0.15) is 13.8 Å². The van der Waals surface area contributed by atoms with E-state index in [0.717, 1.165) is 0 Å². The number of hydrogen-bond acceptors (Lipinski definition) is 0. The highest BCUT2D eigenvalue weighted by Crippen LogP contribution is 1.94. The smallest absolute Gasteiger partial charge is 0.0398 e. The van der Waals surface area contributed by atoms with Gasteiger partial charge < -0.3 is 0 Å². The van der Waals surface area contributed by atoms with Crippen molar-refractivity contribution in [2.75, 3.05) is 0 Å².